The molecule has 0 radical (unpaired) electrons. The average Bonchev–Trinajstić information content (AvgIpc) is 2.68. The van der Waals surface area contributed by atoms with Crippen LogP contribution in [0, 0.1) is 13.8 Å². The second-order valence-corrected chi connectivity index (χ2v) is 4.62. The van der Waals surface area contributed by atoms with Gasteiger partial charge in [0.2, 0.25) is 5.91 Å². The van der Waals surface area contributed by atoms with Gasteiger partial charge in [-0.05, 0) is 31.5 Å². The van der Waals surface area contributed by atoms with Crippen LogP contribution in [0.2, 0.25) is 0 Å². The lowest BCUT2D eigenvalue weighted by atomic mass is 10.2. The van der Waals surface area contributed by atoms with E-state index in [0.717, 1.165) is 11.3 Å². The van der Waals surface area contributed by atoms with Crippen molar-refractivity contribution >= 4 is 17.4 Å². The predicted molar refractivity (Wildman–Crippen MR) is 77.7 cm³/mol. The molecule has 0 atom stereocenters. The molecule has 20 heavy (non-hydrogen) atoms. The van der Waals surface area contributed by atoms with Gasteiger partial charge in [0, 0.05) is 11.8 Å². The van der Waals surface area contributed by atoms with Gasteiger partial charge in [-0.15, -0.1) is 0 Å². The smallest absolute Gasteiger partial charge is 0.246 e. The Balaban J connectivity index is 2.12. The third kappa shape index (κ3) is 3.09. The molecule has 0 aliphatic rings. The number of hydrogen-bond donors (Lipinski definition) is 2. The summed E-state index contributed by atoms with van der Waals surface area (Å²) in [5.41, 5.74) is 8.12. The molecule has 6 heteroatoms. The second kappa shape index (κ2) is 5.64. The number of carbonyl (C=O) groups is 1. The lowest BCUT2D eigenvalue weighted by Crippen LogP contribution is -2.20. The fraction of sp³-hybridized carbons (Fsp3) is 0.286. The van der Waals surface area contributed by atoms with Crippen LogP contribution < -0.4 is 15.8 Å². The van der Waals surface area contributed by atoms with E-state index in [1.165, 1.54) is 0 Å². The van der Waals surface area contributed by atoms with Crippen LogP contribution in [-0.2, 0) is 11.3 Å². The highest BCUT2D eigenvalue weighted by Gasteiger charge is 2.10. The number of ether oxygens (including phenoxy) is 1. The Kier molecular flexibility index (Phi) is 3.93. The number of aryl methyl sites for hydroxylation is 2. The number of nitrogens with zero attached hydrogens (tertiary/aromatic N) is 2. The topological polar surface area (TPSA) is 82.2 Å². The standard InChI is InChI=1S/C14H18N4O2/c1-9-4-5-12(20-3)11(6-9)16-14(19)8-18-10(2)7-13(15)17-18/h4-7H,8H2,1-3H3,(H2,15,17)(H,16,19). The number of hydrogen-bond acceptors (Lipinski definition) is 4. The zero-order valence-electron chi connectivity index (χ0n) is 11.8. The molecule has 0 bridgehead atoms. The van der Waals surface area contributed by atoms with Crippen LogP contribution in [0.25, 0.3) is 0 Å². The number of methoxy groups -OCH3 is 1. The second-order valence-electron chi connectivity index (χ2n) is 4.62. The largest absolute Gasteiger partial charge is 0.495 e. The molecule has 0 fully saturated rings. The van der Waals surface area contributed by atoms with Gasteiger partial charge >= 0.3 is 0 Å². The Hall–Kier alpha value is -2.50. The number of amides is 1. The monoisotopic (exact) mass is 274 g/mol. The summed E-state index contributed by atoms with van der Waals surface area (Å²) in [7, 11) is 1.57. The van der Waals surface area contributed by atoms with Crippen LogP contribution in [0.4, 0.5) is 11.5 Å². The molecule has 2 aromatic rings. The van der Waals surface area contributed by atoms with Crippen LogP contribution in [0.3, 0.4) is 0 Å². The van der Waals surface area contributed by atoms with E-state index in [9.17, 15) is 4.79 Å². The van der Waals surface area contributed by atoms with E-state index >= 15 is 0 Å². The zero-order chi connectivity index (χ0) is 14.7. The average molecular weight is 274 g/mol. The molecule has 0 spiro atoms. The SMILES string of the molecule is COc1ccc(C)cc1NC(=O)Cn1nc(N)cc1C. The van der Waals surface area contributed by atoms with Crippen molar-refractivity contribution in [2.45, 2.75) is 20.4 Å². The normalized spacial score (nSPS) is 10.3. The minimum Gasteiger partial charge on any atom is -0.495 e. The molecular weight excluding hydrogens is 256 g/mol. The molecule has 6 nitrogen and oxygen atoms in total. The summed E-state index contributed by atoms with van der Waals surface area (Å²) in [6, 6.07) is 7.33. The molecular formula is C14H18N4O2. The quantitative estimate of drug-likeness (QED) is 0.889. The molecule has 2 rings (SSSR count). The van der Waals surface area contributed by atoms with Crippen LogP contribution >= 0.6 is 0 Å². The number of anilines is 2. The number of rotatable bonds is 4. The number of benzene rings is 1. The van der Waals surface area contributed by atoms with Crippen LogP contribution in [0.1, 0.15) is 11.3 Å². The Morgan fingerprint density at radius 1 is 1.40 bits per heavy atom. The van der Waals surface area contributed by atoms with Gasteiger partial charge in [0.1, 0.15) is 18.1 Å². The molecule has 0 saturated heterocycles. The van der Waals surface area contributed by atoms with E-state index in [0.29, 0.717) is 17.3 Å². The number of aromatic nitrogens is 2. The van der Waals surface area contributed by atoms with E-state index in [4.69, 9.17) is 10.5 Å². The van der Waals surface area contributed by atoms with E-state index in [1.807, 2.05) is 32.0 Å². The number of nitrogen functional groups attached to an aromatic ring is 1. The summed E-state index contributed by atoms with van der Waals surface area (Å²) >= 11 is 0. The van der Waals surface area contributed by atoms with Crippen molar-refractivity contribution in [1.29, 1.82) is 0 Å². The molecule has 1 aromatic carbocycles. The molecule has 0 saturated carbocycles. The van der Waals surface area contributed by atoms with E-state index < -0.39 is 0 Å². The Morgan fingerprint density at radius 2 is 2.15 bits per heavy atom. The summed E-state index contributed by atoms with van der Waals surface area (Å²) in [5, 5.41) is 6.88. The van der Waals surface area contributed by atoms with Gasteiger partial charge in [-0.25, -0.2) is 0 Å². The van der Waals surface area contributed by atoms with Crippen LogP contribution in [-0.4, -0.2) is 22.8 Å². The summed E-state index contributed by atoms with van der Waals surface area (Å²) in [6.07, 6.45) is 0. The van der Waals surface area contributed by atoms with Crippen LogP contribution in [0.5, 0.6) is 5.75 Å². The Bertz CT molecular complexity index is 634. The van der Waals surface area contributed by atoms with Crippen molar-refractivity contribution in [2.75, 3.05) is 18.2 Å². The maximum Gasteiger partial charge on any atom is 0.246 e. The van der Waals surface area contributed by atoms with E-state index in [2.05, 4.69) is 10.4 Å². The van der Waals surface area contributed by atoms with Crippen molar-refractivity contribution < 1.29 is 9.53 Å². The van der Waals surface area contributed by atoms with Gasteiger partial charge in [-0.1, -0.05) is 6.07 Å². The summed E-state index contributed by atoms with van der Waals surface area (Å²) in [5.74, 6) is 0.851. The molecule has 0 aliphatic carbocycles. The number of nitrogens with two attached hydrogens (primary N) is 1. The minimum absolute atomic E-state index is 0.111. The van der Waals surface area contributed by atoms with E-state index in [1.54, 1.807) is 17.9 Å². The number of carbonyl (C=O) groups excluding carboxylic acids is 1. The predicted octanol–water partition coefficient (Wildman–Crippen LogP) is 1.73. The minimum atomic E-state index is -0.180. The van der Waals surface area contributed by atoms with E-state index in [-0.39, 0.29) is 12.5 Å². The fourth-order valence-electron chi connectivity index (χ4n) is 1.94. The highest BCUT2D eigenvalue weighted by molar-refractivity contribution is 5.92. The molecule has 1 aromatic heterocycles. The third-order valence-electron chi connectivity index (χ3n) is 2.92. The van der Waals surface area contributed by atoms with Crippen molar-refractivity contribution in [3.8, 4) is 5.75 Å². The van der Waals surface area contributed by atoms with Gasteiger partial charge in [0.15, 0.2) is 0 Å². The Morgan fingerprint density at radius 3 is 2.75 bits per heavy atom. The number of nitrogens with one attached hydrogen (secondary N) is 1. The highest BCUT2D eigenvalue weighted by atomic mass is 16.5. The van der Waals surface area contributed by atoms with Crippen molar-refractivity contribution in [2.24, 2.45) is 0 Å². The van der Waals surface area contributed by atoms with Gasteiger partial charge in [-0.2, -0.15) is 5.10 Å². The van der Waals surface area contributed by atoms with Gasteiger partial charge in [0.05, 0.1) is 12.8 Å². The zero-order valence-corrected chi connectivity index (χ0v) is 11.8. The van der Waals surface area contributed by atoms with Crippen LogP contribution in [0.15, 0.2) is 24.3 Å². The first-order valence-corrected chi connectivity index (χ1v) is 6.24. The first-order valence-electron chi connectivity index (χ1n) is 6.24. The lowest BCUT2D eigenvalue weighted by molar-refractivity contribution is -0.116. The van der Waals surface area contributed by atoms with Gasteiger partial charge < -0.3 is 15.8 Å². The highest BCUT2D eigenvalue weighted by Crippen LogP contribution is 2.25. The molecule has 1 amide bonds. The molecule has 0 aliphatic heterocycles. The summed E-state index contributed by atoms with van der Waals surface area (Å²) in [6.45, 7) is 3.91. The molecule has 106 valence electrons. The lowest BCUT2D eigenvalue weighted by Gasteiger charge is -2.11. The maximum atomic E-state index is 12.1. The maximum absolute atomic E-state index is 12.1. The summed E-state index contributed by atoms with van der Waals surface area (Å²) < 4.78 is 6.78. The Labute approximate surface area is 117 Å². The fourth-order valence-corrected chi connectivity index (χ4v) is 1.94. The van der Waals surface area contributed by atoms with Crippen molar-refractivity contribution in [3.05, 3.63) is 35.5 Å². The van der Waals surface area contributed by atoms with Crippen molar-refractivity contribution in [3.63, 3.8) is 0 Å². The van der Waals surface area contributed by atoms with Gasteiger partial charge in [0.25, 0.3) is 0 Å². The van der Waals surface area contributed by atoms with Gasteiger partial charge in [-0.3, -0.25) is 9.48 Å². The molecule has 1 heterocycles. The molecule has 3 N–H and O–H groups in total. The third-order valence-corrected chi connectivity index (χ3v) is 2.92. The van der Waals surface area contributed by atoms with Crippen molar-refractivity contribution in [1.82, 2.24) is 9.78 Å². The molecule has 0 unspecified atom stereocenters. The first-order chi connectivity index (χ1) is 9.49. The first kappa shape index (κ1) is 13.9. The summed E-state index contributed by atoms with van der Waals surface area (Å²) in [4.78, 5) is 12.1.